The molecule has 25 heavy (non-hydrogen) atoms. The molecule has 134 valence electrons. The molecule has 1 aliphatic rings. The lowest BCUT2D eigenvalue weighted by molar-refractivity contribution is -0.0790. The molecule has 0 aliphatic carbocycles. The highest BCUT2D eigenvalue weighted by atomic mass is 32.2. The van der Waals surface area contributed by atoms with Crippen molar-refractivity contribution in [2.45, 2.75) is 23.7 Å². The lowest BCUT2D eigenvalue weighted by Gasteiger charge is -2.34. The number of rotatable bonds is 3. The standard InChI is InChI=1S/C16H14F3NO4S/c17-9-3-8(7-1-2-20-12(18)5-7)4-11(13(9)19)24-16-15(23)14(22)10(21)6-25-16/h1-5,10,14-16,21-23H,6H2/t10-,14+,15-,16-/m1/s1. The molecule has 9 heteroatoms. The zero-order chi connectivity index (χ0) is 18.1. The number of hydrogen-bond donors (Lipinski definition) is 3. The van der Waals surface area contributed by atoms with Gasteiger partial charge < -0.3 is 20.1 Å². The third-order valence-electron chi connectivity index (χ3n) is 3.75. The number of aliphatic hydroxyl groups is 3. The predicted octanol–water partition coefficient (Wildman–Crippen LogP) is 1.70. The van der Waals surface area contributed by atoms with Gasteiger partial charge in [-0.25, -0.2) is 9.37 Å². The van der Waals surface area contributed by atoms with Crippen LogP contribution in [0.2, 0.25) is 0 Å². The molecule has 0 spiro atoms. The number of aromatic nitrogens is 1. The molecule has 1 aliphatic heterocycles. The molecule has 3 rings (SSSR count). The molecule has 1 fully saturated rings. The number of nitrogens with zero attached hydrogens (tertiary/aromatic N) is 1. The van der Waals surface area contributed by atoms with Gasteiger partial charge in [-0.2, -0.15) is 8.78 Å². The fourth-order valence-electron chi connectivity index (χ4n) is 2.41. The maximum absolute atomic E-state index is 14.0. The van der Waals surface area contributed by atoms with E-state index in [1.54, 1.807) is 0 Å². The molecule has 0 saturated carbocycles. The van der Waals surface area contributed by atoms with Crippen molar-refractivity contribution in [3.8, 4) is 16.9 Å². The number of benzene rings is 1. The Hall–Kier alpha value is -1.81. The van der Waals surface area contributed by atoms with Crippen LogP contribution in [0.3, 0.4) is 0 Å². The van der Waals surface area contributed by atoms with Gasteiger partial charge >= 0.3 is 0 Å². The second kappa shape index (κ2) is 7.20. The summed E-state index contributed by atoms with van der Waals surface area (Å²) in [6.07, 6.45) is -2.91. The average Bonchev–Trinajstić information content (AvgIpc) is 2.59. The van der Waals surface area contributed by atoms with Crippen molar-refractivity contribution in [2.75, 3.05) is 5.75 Å². The van der Waals surface area contributed by atoms with E-state index in [0.29, 0.717) is 0 Å². The van der Waals surface area contributed by atoms with Crippen molar-refractivity contribution in [1.29, 1.82) is 0 Å². The Labute approximate surface area is 145 Å². The summed E-state index contributed by atoms with van der Waals surface area (Å²) >= 11 is 0.955. The van der Waals surface area contributed by atoms with Crippen LogP contribution in [0, 0.1) is 17.6 Å². The molecule has 3 N–H and O–H groups in total. The van der Waals surface area contributed by atoms with Crippen molar-refractivity contribution in [2.24, 2.45) is 0 Å². The van der Waals surface area contributed by atoms with E-state index in [4.69, 9.17) is 4.74 Å². The lowest BCUT2D eigenvalue weighted by Crippen LogP contribution is -2.50. The van der Waals surface area contributed by atoms with Gasteiger partial charge in [-0.1, -0.05) is 0 Å². The normalized spacial score (nSPS) is 26.5. The van der Waals surface area contributed by atoms with Gasteiger partial charge in [0.05, 0.1) is 6.10 Å². The third kappa shape index (κ3) is 3.74. The molecular weight excluding hydrogens is 359 g/mol. The van der Waals surface area contributed by atoms with Crippen LogP contribution in [0.25, 0.3) is 11.1 Å². The van der Waals surface area contributed by atoms with Gasteiger partial charge in [-0.05, 0) is 29.3 Å². The molecule has 0 bridgehead atoms. The van der Waals surface area contributed by atoms with Crippen LogP contribution in [-0.4, -0.2) is 49.8 Å². The predicted molar refractivity (Wildman–Crippen MR) is 84.4 cm³/mol. The lowest BCUT2D eigenvalue weighted by atomic mass is 10.1. The molecular formula is C16H14F3NO4S. The Bertz CT molecular complexity index is 779. The maximum atomic E-state index is 14.0. The number of thioether (sulfide) groups is 1. The van der Waals surface area contributed by atoms with Gasteiger partial charge in [0.1, 0.15) is 12.2 Å². The highest BCUT2D eigenvalue weighted by Gasteiger charge is 2.39. The van der Waals surface area contributed by atoms with Gasteiger partial charge in [0.25, 0.3) is 0 Å². The molecule has 0 amide bonds. The molecule has 2 aromatic rings. The molecule has 5 nitrogen and oxygen atoms in total. The van der Waals surface area contributed by atoms with E-state index in [-0.39, 0.29) is 16.9 Å². The Morgan fingerprint density at radius 1 is 1.04 bits per heavy atom. The summed E-state index contributed by atoms with van der Waals surface area (Å²) in [5, 5.41) is 29.1. The zero-order valence-electron chi connectivity index (χ0n) is 12.6. The van der Waals surface area contributed by atoms with E-state index in [9.17, 15) is 28.5 Å². The smallest absolute Gasteiger partial charge is 0.213 e. The summed E-state index contributed by atoms with van der Waals surface area (Å²) in [5.41, 5.74) is -0.675. The quantitative estimate of drug-likeness (QED) is 0.711. The first kappa shape index (κ1) is 18.0. The number of hydrogen-bond acceptors (Lipinski definition) is 6. The highest BCUT2D eigenvalue weighted by molar-refractivity contribution is 7.99. The van der Waals surface area contributed by atoms with Gasteiger partial charge in [0.15, 0.2) is 17.0 Å². The van der Waals surface area contributed by atoms with E-state index in [1.807, 2.05) is 0 Å². The van der Waals surface area contributed by atoms with E-state index in [2.05, 4.69) is 4.98 Å². The van der Waals surface area contributed by atoms with E-state index < -0.39 is 47.1 Å². The summed E-state index contributed by atoms with van der Waals surface area (Å²) < 4.78 is 46.5. The Balaban J connectivity index is 1.91. The highest BCUT2D eigenvalue weighted by Crippen LogP contribution is 2.34. The molecule has 1 aromatic heterocycles. The van der Waals surface area contributed by atoms with E-state index in [0.717, 1.165) is 30.0 Å². The van der Waals surface area contributed by atoms with Crippen LogP contribution in [0.15, 0.2) is 30.5 Å². The molecule has 1 saturated heterocycles. The van der Waals surface area contributed by atoms with Crippen LogP contribution < -0.4 is 4.74 Å². The van der Waals surface area contributed by atoms with Crippen molar-refractivity contribution in [3.05, 3.63) is 48.0 Å². The third-order valence-corrected chi connectivity index (χ3v) is 4.99. The van der Waals surface area contributed by atoms with Crippen molar-refractivity contribution in [1.82, 2.24) is 4.98 Å². The van der Waals surface area contributed by atoms with E-state index in [1.165, 1.54) is 12.3 Å². The fraction of sp³-hybridized carbons (Fsp3) is 0.312. The van der Waals surface area contributed by atoms with Crippen molar-refractivity contribution in [3.63, 3.8) is 0 Å². The minimum atomic E-state index is -1.49. The fourth-order valence-corrected chi connectivity index (χ4v) is 3.52. The van der Waals surface area contributed by atoms with Crippen LogP contribution in [-0.2, 0) is 0 Å². The molecule has 0 radical (unpaired) electrons. The van der Waals surface area contributed by atoms with Crippen LogP contribution in [0.1, 0.15) is 0 Å². The maximum Gasteiger partial charge on any atom is 0.213 e. The minimum absolute atomic E-state index is 0.0578. The molecule has 4 atom stereocenters. The van der Waals surface area contributed by atoms with Crippen LogP contribution >= 0.6 is 11.8 Å². The number of ether oxygens (including phenoxy) is 1. The molecule has 2 heterocycles. The zero-order valence-corrected chi connectivity index (χ0v) is 13.5. The topological polar surface area (TPSA) is 82.8 Å². The first-order valence-electron chi connectivity index (χ1n) is 7.30. The second-order valence-corrected chi connectivity index (χ2v) is 6.64. The van der Waals surface area contributed by atoms with Crippen LogP contribution in [0.5, 0.6) is 5.75 Å². The monoisotopic (exact) mass is 373 g/mol. The number of pyridine rings is 1. The Kier molecular flexibility index (Phi) is 5.19. The minimum Gasteiger partial charge on any atom is -0.474 e. The molecule has 1 aromatic carbocycles. The number of halogens is 3. The van der Waals surface area contributed by atoms with Gasteiger partial charge in [0, 0.05) is 18.0 Å². The van der Waals surface area contributed by atoms with Gasteiger partial charge in [-0.3, -0.25) is 0 Å². The van der Waals surface area contributed by atoms with Gasteiger partial charge in [0.2, 0.25) is 11.8 Å². The SMILES string of the molecule is O[C@@H]1[C@@H](O)[C@H](Oc2cc(-c3ccnc(F)c3)cc(F)c2F)SC[C@H]1O. The summed E-state index contributed by atoms with van der Waals surface area (Å²) in [7, 11) is 0. The largest absolute Gasteiger partial charge is 0.474 e. The Morgan fingerprint density at radius 3 is 2.52 bits per heavy atom. The first-order chi connectivity index (χ1) is 11.9. The summed E-state index contributed by atoms with van der Waals surface area (Å²) in [6.45, 7) is 0. The summed E-state index contributed by atoms with van der Waals surface area (Å²) in [5.74, 6) is -3.69. The first-order valence-corrected chi connectivity index (χ1v) is 8.35. The van der Waals surface area contributed by atoms with Crippen molar-refractivity contribution < 1.29 is 33.2 Å². The second-order valence-electron chi connectivity index (χ2n) is 5.51. The van der Waals surface area contributed by atoms with E-state index >= 15 is 0 Å². The summed E-state index contributed by atoms with van der Waals surface area (Å²) in [6, 6.07) is 4.53. The number of aliphatic hydroxyl groups excluding tert-OH is 3. The summed E-state index contributed by atoms with van der Waals surface area (Å²) in [4.78, 5) is 3.39. The van der Waals surface area contributed by atoms with Gasteiger partial charge in [-0.15, -0.1) is 11.8 Å². The average molecular weight is 373 g/mol. The van der Waals surface area contributed by atoms with Crippen molar-refractivity contribution >= 4 is 11.8 Å². The molecule has 0 unspecified atom stereocenters. The Morgan fingerprint density at radius 2 is 1.80 bits per heavy atom. The van der Waals surface area contributed by atoms with Crippen LogP contribution in [0.4, 0.5) is 13.2 Å².